The van der Waals surface area contributed by atoms with E-state index in [0.717, 1.165) is 0 Å². The van der Waals surface area contributed by atoms with E-state index < -0.39 is 28.9 Å². The van der Waals surface area contributed by atoms with Crippen molar-refractivity contribution in [1.82, 2.24) is 10.3 Å². The number of ether oxygens (including phenoxy) is 1. The lowest BCUT2D eigenvalue weighted by atomic mass is 9.92. The maximum atomic E-state index is 13.2. The number of pyridine rings is 1. The zero-order chi connectivity index (χ0) is 19.8. The third-order valence-corrected chi connectivity index (χ3v) is 4.18. The average molecular weight is 367 g/mol. The van der Waals surface area contributed by atoms with E-state index in [2.05, 4.69) is 10.3 Å². The molecule has 2 amide bonds. The lowest BCUT2D eigenvalue weighted by Gasteiger charge is -2.31. The van der Waals surface area contributed by atoms with Gasteiger partial charge in [-0.25, -0.2) is 9.78 Å². The van der Waals surface area contributed by atoms with Crippen LogP contribution in [0.1, 0.15) is 36.8 Å². The fraction of sp³-hybridized carbons (Fsp3) is 0.300. The molecule has 0 radical (unpaired) electrons. The van der Waals surface area contributed by atoms with Crippen molar-refractivity contribution in [2.75, 3.05) is 11.9 Å². The number of esters is 1. The SMILES string of the molecule is CN1C(=O)C(OC(=O)c2ccccn2)(C(=O)NC(C)(C)C)c2ccccc21. The van der Waals surface area contributed by atoms with Crippen molar-refractivity contribution < 1.29 is 19.1 Å². The van der Waals surface area contributed by atoms with Gasteiger partial charge >= 0.3 is 5.97 Å². The van der Waals surface area contributed by atoms with Gasteiger partial charge in [0.1, 0.15) is 5.69 Å². The molecule has 1 N–H and O–H groups in total. The largest absolute Gasteiger partial charge is 0.429 e. The molecular formula is C20H21N3O4. The number of rotatable bonds is 3. The third-order valence-electron chi connectivity index (χ3n) is 4.18. The highest BCUT2D eigenvalue weighted by Gasteiger charge is 2.59. The quantitative estimate of drug-likeness (QED) is 0.662. The van der Waals surface area contributed by atoms with Gasteiger partial charge in [-0.05, 0) is 39.0 Å². The number of carbonyl (C=O) groups excluding carboxylic acids is 3. The second kappa shape index (κ2) is 6.50. The number of nitrogens with zero attached hydrogens (tertiary/aromatic N) is 2. The van der Waals surface area contributed by atoms with Gasteiger partial charge in [-0.15, -0.1) is 0 Å². The number of para-hydroxylation sites is 1. The monoisotopic (exact) mass is 367 g/mol. The molecule has 0 bridgehead atoms. The van der Waals surface area contributed by atoms with Crippen LogP contribution in [0, 0.1) is 0 Å². The Balaban J connectivity index is 2.12. The zero-order valence-electron chi connectivity index (χ0n) is 15.6. The van der Waals surface area contributed by atoms with Gasteiger partial charge in [0, 0.05) is 24.3 Å². The van der Waals surface area contributed by atoms with Crippen molar-refractivity contribution in [2.45, 2.75) is 31.9 Å². The average Bonchev–Trinajstić information content (AvgIpc) is 2.84. The minimum absolute atomic E-state index is 0.0141. The van der Waals surface area contributed by atoms with E-state index >= 15 is 0 Å². The molecule has 1 unspecified atom stereocenters. The molecule has 0 spiro atoms. The molecule has 0 fully saturated rings. The zero-order valence-corrected chi connectivity index (χ0v) is 15.6. The van der Waals surface area contributed by atoms with E-state index in [9.17, 15) is 14.4 Å². The van der Waals surface area contributed by atoms with E-state index in [1.54, 1.807) is 64.2 Å². The van der Waals surface area contributed by atoms with Gasteiger partial charge < -0.3 is 15.0 Å². The van der Waals surface area contributed by atoms with Crippen LogP contribution in [0.2, 0.25) is 0 Å². The molecule has 7 nitrogen and oxygen atoms in total. The molecule has 3 rings (SSSR count). The van der Waals surface area contributed by atoms with Gasteiger partial charge in [-0.2, -0.15) is 0 Å². The Hall–Kier alpha value is -3.22. The number of hydrogen-bond acceptors (Lipinski definition) is 5. The third kappa shape index (κ3) is 3.16. The van der Waals surface area contributed by atoms with Crippen LogP contribution >= 0.6 is 0 Å². The molecule has 2 aromatic rings. The van der Waals surface area contributed by atoms with Crippen LogP contribution in [-0.2, 0) is 19.9 Å². The van der Waals surface area contributed by atoms with E-state index in [4.69, 9.17) is 4.74 Å². The Morgan fingerprint density at radius 3 is 2.41 bits per heavy atom. The van der Waals surface area contributed by atoms with Gasteiger partial charge in [0.2, 0.25) is 0 Å². The van der Waals surface area contributed by atoms with Crippen molar-refractivity contribution >= 4 is 23.5 Å². The number of nitrogens with one attached hydrogen (secondary N) is 1. The first-order valence-electron chi connectivity index (χ1n) is 8.51. The van der Waals surface area contributed by atoms with E-state index in [-0.39, 0.29) is 5.69 Å². The van der Waals surface area contributed by atoms with Gasteiger partial charge in [-0.1, -0.05) is 24.3 Å². The van der Waals surface area contributed by atoms with Crippen LogP contribution in [0.5, 0.6) is 0 Å². The summed E-state index contributed by atoms with van der Waals surface area (Å²) in [6.07, 6.45) is 1.44. The molecule has 0 saturated carbocycles. The molecular weight excluding hydrogens is 346 g/mol. The summed E-state index contributed by atoms with van der Waals surface area (Å²) < 4.78 is 5.60. The second-order valence-electron chi connectivity index (χ2n) is 7.37. The molecule has 2 heterocycles. The van der Waals surface area contributed by atoms with E-state index in [1.807, 2.05) is 0 Å². The summed E-state index contributed by atoms with van der Waals surface area (Å²) in [6.45, 7) is 5.36. The number of likely N-dealkylation sites (N-methyl/N-ethyl adjacent to an activating group) is 1. The predicted octanol–water partition coefficient (Wildman–Crippen LogP) is 2.02. The molecule has 1 aromatic heterocycles. The Kier molecular flexibility index (Phi) is 4.47. The van der Waals surface area contributed by atoms with Gasteiger partial charge in [-0.3, -0.25) is 9.59 Å². The van der Waals surface area contributed by atoms with E-state index in [0.29, 0.717) is 11.3 Å². The molecule has 1 aromatic carbocycles. The van der Waals surface area contributed by atoms with Gasteiger partial charge in [0.05, 0.1) is 5.69 Å². The lowest BCUT2D eigenvalue weighted by molar-refractivity contribution is -0.153. The van der Waals surface area contributed by atoms with Crippen LogP contribution in [0.4, 0.5) is 5.69 Å². The molecule has 140 valence electrons. The van der Waals surface area contributed by atoms with Crippen molar-refractivity contribution in [2.24, 2.45) is 0 Å². The summed E-state index contributed by atoms with van der Waals surface area (Å²) in [4.78, 5) is 44.3. The number of carbonyl (C=O) groups is 3. The summed E-state index contributed by atoms with van der Waals surface area (Å²) in [5.41, 5.74) is -1.88. The molecule has 27 heavy (non-hydrogen) atoms. The fourth-order valence-electron chi connectivity index (χ4n) is 2.99. The van der Waals surface area contributed by atoms with Gasteiger partial charge in [0.25, 0.3) is 17.4 Å². The smallest absolute Gasteiger partial charge is 0.358 e. The standard InChI is InChI=1S/C20H21N3O4/c1-19(2,3)22-17(25)20(27-16(24)14-10-7-8-12-21-14)13-9-5-6-11-15(13)23(4)18(20)26/h5-12H,1-4H3,(H,22,25). The first-order valence-corrected chi connectivity index (χ1v) is 8.51. The normalized spacial score (nSPS) is 18.8. The highest BCUT2D eigenvalue weighted by atomic mass is 16.6. The fourth-order valence-corrected chi connectivity index (χ4v) is 2.99. The lowest BCUT2D eigenvalue weighted by Crippen LogP contribution is -2.57. The second-order valence-corrected chi connectivity index (χ2v) is 7.37. The number of amides is 2. The summed E-state index contributed by atoms with van der Waals surface area (Å²) in [5.74, 6) is -2.17. The molecule has 0 saturated heterocycles. The minimum atomic E-state index is -2.10. The molecule has 1 atom stereocenters. The number of fused-ring (bicyclic) bond motifs is 1. The number of benzene rings is 1. The maximum absolute atomic E-state index is 13.2. The molecule has 0 aliphatic carbocycles. The molecule has 1 aliphatic rings. The summed E-state index contributed by atoms with van der Waals surface area (Å²) >= 11 is 0. The van der Waals surface area contributed by atoms with Gasteiger partial charge in [0.15, 0.2) is 0 Å². The number of aromatic nitrogens is 1. The molecule has 7 heteroatoms. The van der Waals surface area contributed by atoms with Crippen molar-refractivity contribution in [3.8, 4) is 0 Å². The Morgan fingerprint density at radius 1 is 1.11 bits per heavy atom. The number of anilines is 1. The first-order chi connectivity index (χ1) is 12.7. The van der Waals surface area contributed by atoms with Crippen LogP contribution in [0.3, 0.4) is 0 Å². The Labute approximate surface area is 157 Å². The number of hydrogen-bond donors (Lipinski definition) is 1. The summed E-state index contributed by atoms with van der Waals surface area (Å²) in [6, 6.07) is 11.5. The van der Waals surface area contributed by atoms with Crippen LogP contribution < -0.4 is 10.2 Å². The summed E-state index contributed by atoms with van der Waals surface area (Å²) in [7, 11) is 1.54. The van der Waals surface area contributed by atoms with Crippen LogP contribution in [0.15, 0.2) is 48.7 Å². The predicted molar refractivity (Wildman–Crippen MR) is 99.1 cm³/mol. The first kappa shape index (κ1) is 18.6. The molecule has 1 aliphatic heterocycles. The minimum Gasteiger partial charge on any atom is -0.429 e. The van der Waals surface area contributed by atoms with Crippen molar-refractivity contribution in [3.63, 3.8) is 0 Å². The highest BCUT2D eigenvalue weighted by Crippen LogP contribution is 2.43. The Morgan fingerprint density at radius 2 is 1.78 bits per heavy atom. The van der Waals surface area contributed by atoms with Crippen molar-refractivity contribution in [1.29, 1.82) is 0 Å². The summed E-state index contributed by atoms with van der Waals surface area (Å²) in [5, 5.41) is 2.77. The highest BCUT2D eigenvalue weighted by molar-refractivity contribution is 6.21. The maximum Gasteiger partial charge on any atom is 0.358 e. The van der Waals surface area contributed by atoms with E-state index in [1.165, 1.54) is 17.2 Å². The van der Waals surface area contributed by atoms with Crippen LogP contribution in [-0.4, -0.2) is 35.4 Å². The van der Waals surface area contributed by atoms with Crippen molar-refractivity contribution in [3.05, 3.63) is 59.9 Å². The Bertz CT molecular complexity index is 905. The topological polar surface area (TPSA) is 88.6 Å². The van der Waals surface area contributed by atoms with Crippen LogP contribution in [0.25, 0.3) is 0 Å².